The van der Waals surface area contributed by atoms with E-state index in [2.05, 4.69) is 5.92 Å². The Labute approximate surface area is 148 Å². The zero-order chi connectivity index (χ0) is 18.1. The molecule has 0 bridgehead atoms. The molecule has 5 heteroatoms. The Morgan fingerprint density at radius 3 is 2.52 bits per heavy atom. The van der Waals surface area contributed by atoms with Crippen LogP contribution in [0.1, 0.15) is 37.7 Å². The molecule has 2 rings (SSSR count). The maximum absolute atomic E-state index is 12.5. The third kappa shape index (κ3) is 6.00. The van der Waals surface area contributed by atoms with Crippen molar-refractivity contribution in [2.24, 2.45) is 5.73 Å². The zero-order valence-electron chi connectivity index (χ0n) is 14.3. The largest absolute Gasteiger partial charge is 0.484 e. The van der Waals surface area contributed by atoms with E-state index < -0.39 is 5.91 Å². The van der Waals surface area contributed by atoms with Gasteiger partial charge >= 0.3 is 0 Å². The van der Waals surface area contributed by atoms with Crippen LogP contribution in [0, 0.1) is 12.3 Å². The van der Waals surface area contributed by atoms with Crippen molar-refractivity contribution in [1.29, 1.82) is 0 Å². The van der Waals surface area contributed by atoms with E-state index in [1.54, 1.807) is 29.2 Å². The van der Waals surface area contributed by atoms with E-state index in [0.29, 0.717) is 12.3 Å². The van der Waals surface area contributed by atoms with Gasteiger partial charge in [0.05, 0.1) is 6.54 Å². The molecule has 0 heterocycles. The van der Waals surface area contributed by atoms with E-state index >= 15 is 0 Å². The van der Waals surface area contributed by atoms with Crippen LogP contribution in [0.5, 0.6) is 5.75 Å². The van der Waals surface area contributed by atoms with Gasteiger partial charge in [0.1, 0.15) is 5.75 Å². The van der Waals surface area contributed by atoms with Crippen LogP contribution in [0.3, 0.4) is 0 Å². The topological polar surface area (TPSA) is 72.6 Å². The fourth-order valence-corrected chi connectivity index (χ4v) is 2.97. The number of ether oxygens (including phenoxy) is 1. The quantitative estimate of drug-likeness (QED) is 0.612. The van der Waals surface area contributed by atoms with E-state index in [9.17, 15) is 9.59 Å². The molecule has 2 amide bonds. The van der Waals surface area contributed by atoms with Crippen LogP contribution in [0.4, 0.5) is 0 Å². The molecular weight excluding hydrogens is 316 g/mol. The lowest BCUT2D eigenvalue weighted by Gasteiger charge is -2.32. The molecule has 0 atom stereocenters. The minimum absolute atomic E-state index is 0.0566. The van der Waals surface area contributed by atoms with Crippen LogP contribution in [-0.2, 0) is 9.59 Å². The molecule has 25 heavy (non-hydrogen) atoms. The third-order valence-electron chi connectivity index (χ3n) is 4.24. The monoisotopic (exact) mass is 340 g/mol. The van der Waals surface area contributed by atoms with Crippen LogP contribution in [-0.4, -0.2) is 35.9 Å². The summed E-state index contributed by atoms with van der Waals surface area (Å²) in [5, 5.41) is 0. The maximum atomic E-state index is 12.5. The Morgan fingerprint density at radius 2 is 1.92 bits per heavy atom. The van der Waals surface area contributed by atoms with Gasteiger partial charge in [0.25, 0.3) is 5.91 Å². The first kappa shape index (κ1) is 18.6. The van der Waals surface area contributed by atoms with Crippen molar-refractivity contribution in [3.05, 3.63) is 35.9 Å². The van der Waals surface area contributed by atoms with Gasteiger partial charge < -0.3 is 15.4 Å². The minimum Gasteiger partial charge on any atom is -0.484 e. The predicted octanol–water partition coefficient (Wildman–Crippen LogP) is 2.36. The standard InChI is InChI=1S/C20H24N2O3/c1-2-14-22(17-6-4-3-5-7-17)20(24)13-10-16-8-11-18(12-9-16)25-15-19(21)23/h1,8-13,17H,3-7,14-15H2,(H2,21,23). The Balaban J connectivity index is 1.97. The van der Waals surface area contributed by atoms with Gasteiger partial charge in [-0.15, -0.1) is 6.42 Å². The maximum Gasteiger partial charge on any atom is 0.255 e. The summed E-state index contributed by atoms with van der Waals surface area (Å²) in [5.74, 6) is 2.57. The van der Waals surface area contributed by atoms with Gasteiger partial charge in [-0.2, -0.15) is 0 Å². The van der Waals surface area contributed by atoms with Crippen LogP contribution in [0.25, 0.3) is 6.08 Å². The number of rotatable bonds is 7. The summed E-state index contributed by atoms with van der Waals surface area (Å²) in [6, 6.07) is 7.32. The number of primary amides is 1. The molecule has 0 aliphatic heterocycles. The molecular formula is C20H24N2O3. The number of amides is 2. The molecule has 132 valence electrons. The molecule has 2 N–H and O–H groups in total. The van der Waals surface area contributed by atoms with Gasteiger partial charge in [-0.25, -0.2) is 0 Å². The normalized spacial score (nSPS) is 14.8. The van der Waals surface area contributed by atoms with Gasteiger partial charge in [0, 0.05) is 12.1 Å². The second kappa shape index (κ2) is 9.53. The molecule has 1 aromatic carbocycles. The summed E-state index contributed by atoms with van der Waals surface area (Å²) < 4.78 is 5.20. The summed E-state index contributed by atoms with van der Waals surface area (Å²) in [6.45, 7) is 0.184. The molecule has 0 radical (unpaired) electrons. The van der Waals surface area contributed by atoms with Crippen molar-refractivity contribution >= 4 is 17.9 Å². The zero-order valence-corrected chi connectivity index (χ0v) is 14.3. The van der Waals surface area contributed by atoms with Crippen LogP contribution in [0.2, 0.25) is 0 Å². The van der Waals surface area contributed by atoms with Crippen molar-refractivity contribution in [3.63, 3.8) is 0 Å². The van der Waals surface area contributed by atoms with Crippen molar-refractivity contribution in [2.75, 3.05) is 13.2 Å². The Bertz CT molecular complexity index is 653. The summed E-state index contributed by atoms with van der Waals surface area (Å²) in [6.07, 6.45) is 14.3. The van der Waals surface area contributed by atoms with Crippen molar-refractivity contribution < 1.29 is 14.3 Å². The first-order valence-electron chi connectivity index (χ1n) is 8.53. The van der Waals surface area contributed by atoms with Gasteiger partial charge in [0.2, 0.25) is 5.91 Å². The third-order valence-corrected chi connectivity index (χ3v) is 4.24. The van der Waals surface area contributed by atoms with Crippen LogP contribution in [0.15, 0.2) is 30.3 Å². The molecule has 0 aromatic heterocycles. The number of carbonyl (C=O) groups is 2. The molecule has 1 fully saturated rings. The highest BCUT2D eigenvalue weighted by molar-refractivity contribution is 5.92. The minimum atomic E-state index is -0.522. The van der Waals surface area contributed by atoms with Crippen molar-refractivity contribution in [1.82, 2.24) is 4.90 Å². The van der Waals surface area contributed by atoms with Crippen LogP contribution >= 0.6 is 0 Å². The molecule has 5 nitrogen and oxygen atoms in total. The summed E-state index contributed by atoms with van der Waals surface area (Å²) in [7, 11) is 0. The number of nitrogens with zero attached hydrogens (tertiary/aromatic N) is 1. The van der Waals surface area contributed by atoms with Crippen LogP contribution < -0.4 is 10.5 Å². The predicted molar refractivity (Wildman–Crippen MR) is 97.6 cm³/mol. The molecule has 0 saturated heterocycles. The van der Waals surface area contributed by atoms with Crippen molar-refractivity contribution in [3.8, 4) is 18.1 Å². The Kier molecular flexibility index (Phi) is 7.09. The van der Waals surface area contributed by atoms with Gasteiger partial charge in [0.15, 0.2) is 6.61 Å². The number of carbonyl (C=O) groups excluding carboxylic acids is 2. The first-order valence-corrected chi connectivity index (χ1v) is 8.53. The van der Waals surface area contributed by atoms with Crippen molar-refractivity contribution in [2.45, 2.75) is 38.1 Å². The number of hydrogen-bond acceptors (Lipinski definition) is 3. The highest BCUT2D eigenvalue weighted by Crippen LogP contribution is 2.23. The highest BCUT2D eigenvalue weighted by Gasteiger charge is 2.23. The molecule has 1 aliphatic carbocycles. The number of terminal acetylenes is 1. The SMILES string of the molecule is C#CCN(C(=O)C=Cc1ccc(OCC(N)=O)cc1)C1CCCCC1. The fourth-order valence-electron chi connectivity index (χ4n) is 2.97. The molecule has 0 spiro atoms. The summed E-state index contributed by atoms with van der Waals surface area (Å²) in [5.41, 5.74) is 5.90. The summed E-state index contributed by atoms with van der Waals surface area (Å²) in [4.78, 5) is 25.0. The van der Waals surface area contributed by atoms with E-state index in [1.165, 1.54) is 6.42 Å². The first-order chi connectivity index (χ1) is 12.1. The highest BCUT2D eigenvalue weighted by atomic mass is 16.5. The van der Waals surface area contributed by atoms with Gasteiger partial charge in [-0.3, -0.25) is 9.59 Å². The number of nitrogens with two attached hydrogens (primary N) is 1. The fraction of sp³-hybridized carbons (Fsp3) is 0.400. The lowest BCUT2D eigenvalue weighted by molar-refractivity contribution is -0.128. The second-order valence-corrected chi connectivity index (χ2v) is 6.12. The lowest BCUT2D eigenvalue weighted by atomic mass is 9.94. The van der Waals surface area contributed by atoms with E-state index in [-0.39, 0.29) is 18.6 Å². The van der Waals surface area contributed by atoms with Gasteiger partial charge in [-0.05, 0) is 36.6 Å². The Morgan fingerprint density at radius 1 is 1.24 bits per heavy atom. The lowest BCUT2D eigenvalue weighted by Crippen LogP contribution is -2.40. The smallest absolute Gasteiger partial charge is 0.255 e. The number of benzene rings is 1. The summed E-state index contributed by atoms with van der Waals surface area (Å²) >= 11 is 0. The molecule has 1 aliphatic rings. The second-order valence-electron chi connectivity index (χ2n) is 6.12. The average Bonchev–Trinajstić information content (AvgIpc) is 2.64. The van der Waals surface area contributed by atoms with Gasteiger partial charge in [-0.1, -0.05) is 37.3 Å². The molecule has 0 unspecified atom stereocenters. The van der Waals surface area contributed by atoms with E-state index in [4.69, 9.17) is 16.9 Å². The van der Waals surface area contributed by atoms with E-state index in [0.717, 1.165) is 31.2 Å². The molecule has 1 aromatic rings. The number of hydrogen-bond donors (Lipinski definition) is 1. The Hall–Kier alpha value is -2.74. The average molecular weight is 340 g/mol. The molecule has 1 saturated carbocycles. The van der Waals surface area contributed by atoms with E-state index in [1.807, 2.05) is 12.1 Å².